The maximum Gasteiger partial charge on any atom is 0.238 e. The molecule has 0 aromatic heterocycles. The molecule has 0 saturated carbocycles. The third-order valence-electron chi connectivity index (χ3n) is 3.85. The number of carbonyl (C=O) groups is 1. The van der Waals surface area contributed by atoms with Crippen molar-refractivity contribution in [1.82, 2.24) is 9.80 Å². The van der Waals surface area contributed by atoms with Gasteiger partial charge in [-0.2, -0.15) is 0 Å². The van der Waals surface area contributed by atoms with E-state index in [4.69, 9.17) is 11.6 Å². The van der Waals surface area contributed by atoms with Crippen LogP contribution in [0.5, 0.6) is 0 Å². The van der Waals surface area contributed by atoms with Crippen LogP contribution in [0.1, 0.15) is 25.8 Å². The highest BCUT2D eigenvalue weighted by Gasteiger charge is 2.31. The lowest BCUT2D eigenvalue weighted by Gasteiger charge is -2.32. The Kier molecular flexibility index (Phi) is 5.44. The molecule has 1 aliphatic rings. The smallest absolute Gasteiger partial charge is 0.238 e. The molecule has 1 aromatic carbocycles. The zero-order chi connectivity index (χ0) is 14.5. The SMILES string of the molecule is CC(C)N(C(=O)CCl)[C@@H]1CCN(Cc2ccccc2)C1. The molecule has 0 N–H and O–H groups in total. The predicted octanol–water partition coefficient (Wildman–Crippen LogP) is 2.74. The Bertz CT molecular complexity index is 435. The number of nitrogens with zero attached hydrogens (tertiary/aromatic N) is 2. The number of hydrogen-bond donors (Lipinski definition) is 0. The van der Waals surface area contributed by atoms with Crippen LogP contribution >= 0.6 is 11.6 Å². The molecule has 1 amide bonds. The number of rotatable bonds is 5. The van der Waals surface area contributed by atoms with Crippen molar-refractivity contribution >= 4 is 17.5 Å². The number of carbonyl (C=O) groups excluding carboxylic acids is 1. The first kappa shape index (κ1) is 15.3. The minimum absolute atomic E-state index is 0.0493. The number of likely N-dealkylation sites (tertiary alicyclic amines) is 1. The molecule has 1 heterocycles. The lowest BCUT2D eigenvalue weighted by Crippen LogP contribution is -2.46. The zero-order valence-corrected chi connectivity index (χ0v) is 13.0. The van der Waals surface area contributed by atoms with Crippen molar-refractivity contribution in [3.8, 4) is 0 Å². The van der Waals surface area contributed by atoms with Gasteiger partial charge in [0.15, 0.2) is 0 Å². The Morgan fingerprint density at radius 1 is 1.40 bits per heavy atom. The van der Waals surface area contributed by atoms with Crippen molar-refractivity contribution in [3.05, 3.63) is 35.9 Å². The summed E-state index contributed by atoms with van der Waals surface area (Å²) >= 11 is 5.73. The van der Waals surface area contributed by atoms with Gasteiger partial charge in [-0.25, -0.2) is 0 Å². The quantitative estimate of drug-likeness (QED) is 0.780. The van der Waals surface area contributed by atoms with Crippen LogP contribution in [-0.4, -0.2) is 46.8 Å². The molecule has 1 saturated heterocycles. The summed E-state index contributed by atoms with van der Waals surface area (Å²) in [6.07, 6.45) is 1.04. The third-order valence-corrected chi connectivity index (χ3v) is 4.08. The molecule has 0 bridgehead atoms. The summed E-state index contributed by atoms with van der Waals surface area (Å²) in [5.41, 5.74) is 1.33. The average molecular weight is 295 g/mol. The highest BCUT2D eigenvalue weighted by Crippen LogP contribution is 2.20. The van der Waals surface area contributed by atoms with Crippen molar-refractivity contribution in [3.63, 3.8) is 0 Å². The minimum Gasteiger partial charge on any atom is -0.335 e. The van der Waals surface area contributed by atoms with Crippen LogP contribution in [0.2, 0.25) is 0 Å². The van der Waals surface area contributed by atoms with Gasteiger partial charge in [-0.05, 0) is 25.8 Å². The normalized spacial score (nSPS) is 19.5. The molecule has 1 atom stereocenters. The van der Waals surface area contributed by atoms with Crippen LogP contribution in [-0.2, 0) is 11.3 Å². The summed E-state index contributed by atoms with van der Waals surface area (Å²) in [6.45, 7) is 7.06. The van der Waals surface area contributed by atoms with E-state index in [1.807, 2.05) is 11.0 Å². The highest BCUT2D eigenvalue weighted by molar-refractivity contribution is 6.27. The van der Waals surface area contributed by atoms with E-state index < -0.39 is 0 Å². The van der Waals surface area contributed by atoms with Crippen LogP contribution in [0.15, 0.2) is 30.3 Å². The van der Waals surface area contributed by atoms with Crippen molar-refractivity contribution < 1.29 is 4.79 Å². The van der Waals surface area contributed by atoms with E-state index in [1.165, 1.54) is 5.56 Å². The van der Waals surface area contributed by atoms with Crippen LogP contribution in [0, 0.1) is 0 Å². The second kappa shape index (κ2) is 7.09. The molecule has 2 rings (SSSR count). The number of hydrogen-bond acceptors (Lipinski definition) is 2. The molecule has 1 aromatic rings. The van der Waals surface area contributed by atoms with Gasteiger partial charge in [-0.3, -0.25) is 9.69 Å². The van der Waals surface area contributed by atoms with E-state index in [2.05, 4.69) is 43.0 Å². The van der Waals surface area contributed by atoms with Gasteiger partial charge in [0.1, 0.15) is 5.88 Å². The Labute approximate surface area is 126 Å². The molecule has 3 nitrogen and oxygen atoms in total. The topological polar surface area (TPSA) is 23.6 Å². The first-order chi connectivity index (χ1) is 9.61. The van der Waals surface area contributed by atoms with Crippen molar-refractivity contribution in [2.45, 2.75) is 38.9 Å². The summed E-state index contributed by atoms with van der Waals surface area (Å²) < 4.78 is 0. The molecule has 0 spiro atoms. The van der Waals surface area contributed by atoms with Crippen molar-refractivity contribution in [1.29, 1.82) is 0 Å². The molecule has 0 aliphatic carbocycles. The third kappa shape index (κ3) is 3.74. The second-order valence-electron chi connectivity index (χ2n) is 5.69. The van der Waals surface area contributed by atoms with Gasteiger partial charge in [-0.1, -0.05) is 30.3 Å². The van der Waals surface area contributed by atoms with E-state index in [-0.39, 0.29) is 17.8 Å². The molecular weight excluding hydrogens is 272 g/mol. The minimum atomic E-state index is 0.0493. The van der Waals surface area contributed by atoms with E-state index in [9.17, 15) is 4.79 Å². The number of alkyl halides is 1. The Hall–Kier alpha value is -1.06. The summed E-state index contributed by atoms with van der Waals surface area (Å²) in [5.74, 6) is 0.126. The summed E-state index contributed by atoms with van der Waals surface area (Å²) in [7, 11) is 0. The van der Waals surface area contributed by atoms with E-state index >= 15 is 0 Å². The summed E-state index contributed by atoms with van der Waals surface area (Å²) in [5, 5.41) is 0. The van der Waals surface area contributed by atoms with E-state index in [0.717, 1.165) is 26.1 Å². The summed E-state index contributed by atoms with van der Waals surface area (Å²) in [4.78, 5) is 16.4. The lowest BCUT2D eigenvalue weighted by molar-refractivity contribution is -0.132. The van der Waals surface area contributed by atoms with Crippen LogP contribution in [0.4, 0.5) is 0 Å². The zero-order valence-electron chi connectivity index (χ0n) is 12.3. The largest absolute Gasteiger partial charge is 0.335 e. The van der Waals surface area contributed by atoms with E-state index in [0.29, 0.717) is 6.04 Å². The number of amides is 1. The van der Waals surface area contributed by atoms with Crippen molar-refractivity contribution in [2.75, 3.05) is 19.0 Å². The van der Waals surface area contributed by atoms with Crippen molar-refractivity contribution in [2.24, 2.45) is 0 Å². The molecule has 0 radical (unpaired) electrons. The number of halogens is 1. The first-order valence-electron chi connectivity index (χ1n) is 7.25. The van der Waals surface area contributed by atoms with E-state index in [1.54, 1.807) is 0 Å². The highest BCUT2D eigenvalue weighted by atomic mass is 35.5. The molecule has 1 aliphatic heterocycles. The predicted molar refractivity (Wildman–Crippen MR) is 82.8 cm³/mol. The molecular formula is C16H23ClN2O. The van der Waals surface area contributed by atoms with Crippen LogP contribution in [0.25, 0.3) is 0 Å². The Morgan fingerprint density at radius 2 is 2.10 bits per heavy atom. The van der Waals surface area contributed by atoms with Gasteiger partial charge in [0.2, 0.25) is 5.91 Å². The monoisotopic (exact) mass is 294 g/mol. The maximum absolute atomic E-state index is 12.0. The Morgan fingerprint density at radius 3 is 2.70 bits per heavy atom. The van der Waals surface area contributed by atoms with Gasteiger partial charge in [0, 0.05) is 31.7 Å². The molecule has 110 valence electrons. The fourth-order valence-electron chi connectivity index (χ4n) is 3.01. The second-order valence-corrected chi connectivity index (χ2v) is 5.96. The number of benzene rings is 1. The fraction of sp³-hybridized carbons (Fsp3) is 0.562. The molecule has 0 unspecified atom stereocenters. The molecule has 20 heavy (non-hydrogen) atoms. The van der Waals surface area contributed by atoms with Gasteiger partial charge >= 0.3 is 0 Å². The standard InChI is InChI=1S/C16H23ClN2O/c1-13(2)19(16(20)10-17)15-8-9-18(12-15)11-14-6-4-3-5-7-14/h3-7,13,15H,8-12H2,1-2H3/t15-/m1/s1. The Balaban J connectivity index is 1.95. The molecule has 1 fully saturated rings. The van der Waals surface area contributed by atoms with Gasteiger partial charge < -0.3 is 4.90 Å². The van der Waals surface area contributed by atoms with Gasteiger partial charge in [0.05, 0.1) is 0 Å². The maximum atomic E-state index is 12.0. The lowest BCUT2D eigenvalue weighted by atomic mass is 10.1. The van der Waals surface area contributed by atoms with Gasteiger partial charge in [0.25, 0.3) is 0 Å². The first-order valence-corrected chi connectivity index (χ1v) is 7.78. The molecule has 4 heteroatoms. The van der Waals surface area contributed by atoms with Crippen LogP contribution in [0.3, 0.4) is 0 Å². The fourth-order valence-corrected chi connectivity index (χ4v) is 3.14. The van der Waals surface area contributed by atoms with Crippen LogP contribution < -0.4 is 0 Å². The van der Waals surface area contributed by atoms with Gasteiger partial charge in [-0.15, -0.1) is 11.6 Å². The average Bonchev–Trinajstić information content (AvgIpc) is 2.87. The summed E-state index contributed by atoms with van der Waals surface area (Å²) in [6, 6.07) is 11.0.